The van der Waals surface area contributed by atoms with Gasteiger partial charge in [0, 0.05) is 24.7 Å². The van der Waals surface area contributed by atoms with Crippen molar-refractivity contribution in [1.29, 1.82) is 0 Å². The monoisotopic (exact) mass is 311 g/mol. The van der Waals surface area contributed by atoms with Gasteiger partial charge < -0.3 is 15.8 Å². The van der Waals surface area contributed by atoms with E-state index < -0.39 is 0 Å². The summed E-state index contributed by atoms with van der Waals surface area (Å²) in [5, 5.41) is 3.42. The molecule has 21 heavy (non-hydrogen) atoms. The van der Waals surface area contributed by atoms with Crippen LogP contribution in [-0.4, -0.2) is 42.6 Å². The molecule has 1 aromatic rings. The van der Waals surface area contributed by atoms with Crippen LogP contribution in [0.25, 0.3) is 0 Å². The molecule has 2 rings (SSSR count). The molecule has 5 nitrogen and oxygen atoms in total. The Balaban J connectivity index is 2.01. The number of nitrogen functional groups attached to an aromatic ring is 1. The van der Waals surface area contributed by atoms with Crippen LogP contribution < -0.4 is 11.1 Å². The molecule has 0 aromatic heterocycles. The standard InChI is InChI=1S/C15H22ClN3O2/c1-10-9-19(6-3-7-21-10)11(2)15(20)18-14-5-4-12(16)8-13(14)17/h4-5,8,10-11H,3,6-7,9,17H2,1-2H3,(H,18,20). The van der Waals surface area contributed by atoms with Crippen LogP contribution in [0.5, 0.6) is 0 Å². The molecule has 1 heterocycles. The fourth-order valence-electron chi connectivity index (χ4n) is 2.43. The Hall–Kier alpha value is -1.30. The van der Waals surface area contributed by atoms with Gasteiger partial charge >= 0.3 is 0 Å². The van der Waals surface area contributed by atoms with Crippen LogP contribution in [0.15, 0.2) is 18.2 Å². The van der Waals surface area contributed by atoms with Crippen molar-refractivity contribution in [3.05, 3.63) is 23.2 Å². The Kier molecular flexibility index (Phi) is 5.45. The molecule has 2 unspecified atom stereocenters. The number of nitrogens with two attached hydrogens (primary N) is 1. The van der Waals surface area contributed by atoms with Crippen LogP contribution in [0.4, 0.5) is 11.4 Å². The Morgan fingerprint density at radius 3 is 3.05 bits per heavy atom. The van der Waals surface area contributed by atoms with E-state index in [4.69, 9.17) is 22.1 Å². The lowest BCUT2D eigenvalue weighted by atomic mass is 10.2. The number of benzene rings is 1. The smallest absolute Gasteiger partial charge is 0.241 e. The second kappa shape index (κ2) is 7.11. The molecule has 0 aliphatic carbocycles. The minimum atomic E-state index is -0.232. The maximum absolute atomic E-state index is 12.4. The highest BCUT2D eigenvalue weighted by Crippen LogP contribution is 2.23. The molecule has 0 spiro atoms. The molecule has 1 amide bonds. The first-order chi connectivity index (χ1) is 9.97. The SMILES string of the molecule is CC1CN(C(C)C(=O)Nc2ccc(Cl)cc2N)CCCO1. The van der Waals surface area contributed by atoms with Gasteiger partial charge in [-0.25, -0.2) is 0 Å². The zero-order valence-electron chi connectivity index (χ0n) is 12.4. The highest BCUT2D eigenvalue weighted by Gasteiger charge is 2.25. The minimum Gasteiger partial charge on any atom is -0.397 e. The van der Waals surface area contributed by atoms with Gasteiger partial charge in [0.15, 0.2) is 0 Å². The van der Waals surface area contributed by atoms with Gasteiger partial charge in [-0.15, -0.1) is 0 Å². The number of hydrogen-bond acceptors (Lipinski definition) is 4. The predicted octanol–water partition coefficient (Wildman–Crippen LogP) is 2.36. The van der Waals surface area contributed by atoms with E-state index in [-0.39, 0.29) is 18.1 Å². The van der Waals surface area contributed by atoms with Crippen LogP contribution in [-0.2, 0) is 9.53 Å². The third-order valence-corrected chi connectivity index (χ3v) is 3.92. The van der Waals surface area contributed by atoms with E-state index >= 15 is 0 Å². The number of carbonyl (C=O) groups is 1. The molecule has 0 bridgehead atoms. The first-order valence-corrected chi connectivity index (χ1v) is 7.56. The maximum atomic E-state index is 12.4. The van der Waals surface area contributed by atoms with Crippen molar-refractivity contribution in [2.24, 2.45) is 0 Å². The number of carbonyl (C=O) groups excluding carboxylic acids is 1. The Labute approximate surface area is 130 Å². The molecule has 1 aliphatic heterocycles. The second-order valence-electron chi connectivity index (χ2n) is 5.43. The average Bonchev–Trinajstić information content (AvgIpc) is 2.65. The lowest BCUT2D eigenvalue weighted by molar-refractivity contribution is -0.121. The van der Waals surface area contributed by atoms with Gasteiger partial charge in [0.2, 0.25) is 5.91 Å². The van der Waals surface area contributed by atoms with Crippen LogP contribution in [0.3, 0.4) is 0 Å². The molecule has 1 aliphatic rings. The van der Waals surface area contributed by atoms with Gasteiger partial charge in [-0.2, -0.15) is 0 Å². The first-order valence-electron chi connectivity index (χ1n) is 7.19. The van der Waals surface area contributed by atoms with Crippen LogP contribution in [0, 0.1) is 0 Å². The minimum absolute atomic E-state index is 0.0712. The molecule has 6 heteroatoms. The van der Waals surface area contributed by atoms with Gasteiger partial charge in [-0.3, -0.25) is 9.69 Å². The Morgan fingerprint density at radius 1 is 1.57 bits per heavy atom. The summed E-state index contributed by atoms with van der Waals surface area (Å²) in [6, 6.07) is 4.82. The van der Waals surface area contributed by atoms with Crippen molar-refractivity contribution in [3.8, 4) is 0 Å². The first kappa shape index (κ1) is 16.1. The van der Waals surface area contributed by atoms with E-state index in [1.165, 1.54) is 0 Å². The van der Waals surface area contributed by atoms with Crippen LogP contribution in [0.2, 0.25) is 5.02 Å². The summed E-state index contributed by atoms with van der Waals surface area (Å²) in [7, 11) is 0. The number of nitrogens with one attached hydrogen (secondary N) is 1. The third-order valence-electron chi connectivity index (χ3n) is 3.68. The van der Waals surface area contributed by atoms with E-state index in [0.717, 1.165) is 26.1 Å². The molecule has 116 valence electrons. The van der Waals surface area contributed by atoms with Crippen molar-refractivity contribution in [2.45, 2.75) is 32.4 Å². The quantitative estimate of drug-likeness (QED) is 0.841. The molecule has 3 N–H and O–H groups in total. The molecule has 0 radical (unpaired) electrons. The molecule has 2 atom stereocenters. The van der Waals surface area contributed by atoms with E-state index in [2.05, 4.69) is 10.2 Å². The van der Waals surface area contributed by atoms with Gasteiger partial charge in [-0.1, -0.05) is 11.6 Å². The normalized spacial score (nSPS) is 21.6. The zero-order valence-corrected chi connectivity index (χ0v) is 13.2. The number of ether oxygens (including phenoxy) is 1. The van der Waals surface area contributed by atoms with E-state index in [0.29, 0.717) is 16.4 Å². The van der Waals surface area contributed by atoms with Gasteiger partial charge in [-0.05, 0) is 38.5 Å². The summed E-state index contributed by atoms with van der Waals surface area (Å²) in [5.41, 5.74) is 6.92. The number of nitrogens with zero attached hydrogens (tertiary/aromatic N) is 1. The van der Waals surface area contributed by atoms with Crippen molar-refractivity contribution in [1.82, 2.24) is 4.90 Å². The van der Waals surface area contributed by atoms with E-state index in [1.807, 2.05) is 13.8 Å². The molecular weight excluding hydrogens is 290 g/mol. The topological polar surface area (TPSA) is 67.6 Å². The van der Waals surface area contributed by atoms with Crippen molar-refractivity contribution in [3.63, 3.8) is 0 Å². The Bertz CT molecular complexity index is 510. The van der Waals surface area contributed by atoms with Gasteiger partial charge in [0.25, 0.3) is 0 Å². The number of anilines is 2. The fourth-order valence-corrected chi connectivity index (χ4v) is 2.61. The molecule has 1 saturated heterocycles. The number of rotatable bonds is 3. The summed E-state index contributed by atoms with van der Waals surface area (Å²) < 4.78 is 5.61. The summed E-state index contributed by atoms with van der Waals surface area (Å²) in [6.45, 7) is 6.29. The number of hydrogen-bond donors (Lipinski definition) is 2. The molecule has 1 fully saturated rings. The molecular formula is C15H22ClN3O2. The van der Waals surface area contributed by atoms with Crippen molar-refractivity contribution < 1.29 is 9.53 Å². The largest absolute Gasteiger partial charge is 0.397 e. The number of halogens is 1. The summed E-state index contributed by atoms with van der Waals surface area (Å²) in [6.07, 6.45) is 1.08. The lowest BCUT2D eigenvalue weighted by Gasteiger charge is -2.27. The predicted molar refractivity (Wildman–Crippen MR) is 85.6 cm³/mol. The summed E-state index contributed by atoms with van der Waals surface area (Å²) in [4.78, 5) is 14.5. The lowest BCUT2D eigenvalue weighted by Crippen LogP contribution is -2.44. The average molecular weight is 312 g/mol. The second-order valence-corrected chi connectivity index (χ2v) is 5.86. The summed E-state index contributed by atoms with van der Waals surface area (Å²) in [5.74, 6) is -0.0712. The maximum Gasteiger partial charge on any atom is 0.241 e. The Morgan fingerprint density at radius 2 is 2.33 bits per heavy atom. The van der Waals surface area contributed by atoms with Crippen molar-refractivity contribution >= 4 is 28.9 Å². The zero-order chi connectivity index (χ0) is 15.4. The van der Waals surface area contributed by atoms with Crippen molar-refractivity contribution in [2.75, 3.05) is 30.7 Å². The van der Waals surface area contributed by atoms with Crippen LogP contribution in [0.1, 0.15) is 20.3 Å². The van der Waals surface area contributed by atoms with Gasteiger partial charge in [0.05, 0.1) is 23.5 Å². The summed E-state index contributed by atoms with van der Waals surface area (Å²) >= 11 is 5.86. The number of amides is 1. The molecule has 0 saturated carbocycles. The highest BCUT2D eigenvalue weighted by molar-refractivity contribution is 6.31. The van der Waals surface area contributed by atoms with E-state index in [9.17, 15) is 4.79 Å². The van der Waals surface area contributed by atoms with E-state index in [1.54, 1.807) is 18.2 Å². The fraction of sp³-hybridized carbons (Fsp3) is 0.533. The third kappa shape index (κ3) is 4.33. The highest BCUT2D eigenvalue weighted by atomic mass is 35.5. The van der Waals surface area contributed by atoms with Gasteiger partial charge in [0.1, 0.15) is 0 Å². The van der Waals surface area contributed by atoms with Crippen LogP contribution >= 0.6 is 11.6 Å². The molecule has 1 aromatic carbocycles.